The number of thiazole rings is 1. The van der Waals surface area contributed by atoms with Gasteiger partial charge >= 0.3 is 6.03 Å². The van der Waals surface area contributed by atoms with Crippen molar-refractivity contribution in [2.45, 2.75) is 24.9 Å². The molecule has 2 fully saturated rings. The Bertz CT molecular complexity index is 1090. The van der Waals surface area contributed by atoms with Gasteiger partial charge in [-0.15, -0.1) is 11.3 Å². The molecule has 148 valence electrons. The number of benzene rings is 2. The normalized spacial score (nSPS) is 19.3. The highest BCUT2D eigenvalue weighted by Gasteiger charge is 2.52. The number of urea groups is 1. The number of rotatable bonds is 3. The van der Waals surface area contributed by atoms with Crippen LogP contribution < -0.4 is 10.2 Å². The molecule has 0 atom stereocenters. The first-order chi connectivity index (χ1) is 14.0. The van der Waals surface area contributed by atoms with Crippen molar-refractivity contribution < 1.29 is 9.59 Å². The molecule has 0 radical (unpaired) electrons. The number of hydrogen-bond acceptors (Lipinski definition) is 5. The summed E-state index contributed by atoms with van der Waals surface area (Å²) in [5, 5.41) is 3.53. The fraction of sp³-hybridized carbons (Fsp3) is 0.286. The van der Waals surface area contributed by atoms with E-state index < -0.39 is 5.54 Å². The van der Waals surface area contributed by atoms with Gasteiger partial charge in [0.25, 0.3) is 5.91 Å². The van der Waals surface area contributed by atoms with Crippen LogP contribution in [0.5, 0.6) is 0 Å². The summed E-state index contributed by atoms with van der Waals surface area (Å²) in [6.07, 6.45) is 1.20. The highest BCUT2D eigenvalue weighted by molar-refractivity contribution is 7.16. The molecule has 2 saturated heterocycles. The molecule has 0 saturated carbocycles. The van der Waals surface area contributed by atoms with E-state index in [9.17, 15) is 9.59 Å². The van der Waals surface area contributed by atoms with Crippen LogP contribution in [0.25, 0.3) is 10.2 Å². The van der Waals surface area contributed by atoms with Gasteiger partial charge < -0.3 is 5.32 Å². The van der Waals surface area contributed by atoms with Gasteiger partial charge in [0.05, 0.1) is 21.4 Å². The predicted octanol–water partition coefficient (Wildman–Crippen LogP) is 4.04. The molecule has 6 nitrogen and oxygen atoms in total. The Morgan fingerprint density at radius 1 is 1.10 bits per heavy atom. The molecule has 5 rings (SSSR count). The van der Waals surface area contributed by atoms with Crippen molar-refractivity contribution in [2.75, 3.05) is 18.0 Å². The highest BCUT2D eigenvalue weighted by Crippen LogP contribution is 2.33. The van der Waals surface area contributed by atoms with Gasteiger partial charge in [0.1, 0.15) is 5.54 Å². The fourth-order valence-corrected chi connectivity index (χ4v) is 4.92. The van der Waals surface area contributed by atoms with Gasteiger partial charge in [0, 0.05) is 24.7 Å². The molecule has 1 N–H and O–H groups in total. The number of halogens is 1. The first-order valence-corrected chi connectivity index (χ1v) is 10.8. The van der Waals surface area contributed by atoms with Gasteiger partial charge in [-0.2, -0.15) is 0 Å². The van der Waals surface area contributed by atoms with Crippen molar-refractivity contribution in [3.05, 3.63) is 58.6 Å². The molecule has 29 heavy (non-hydrogen) atoms. The van der Waals surface area contributed by atoms with Crippen LogP contribution in [0.1, 0.15) is 18.4 Å². The average Bonchev–Trinajstić information content (AvgIpc) is 3.27. The zero-order valence-electron chi connectivity index (χ0n) is 15.6. The van der Waals surface area contributed by atoms with Gasteiger partial charge in [-0.25, -0.2) is 14.7 Å². The highest BCUT2D eigenvalue weighted by atomic mass is 35.5. The molecule has 0 unspecified atom stereocenters. The molecule has 3 heterocycles. The Labute approximate surface area is 177 Å². The molecule has 0 aliphatic carbocycles. The molecule has 2 aromatic carbocycles. The van der Waals surface area contributed by atoms with Crippen molar-refractivity contribution >= 4 is 50.8 Å². The minimum absolute atomic E-state index is 0.173. The van der Waals surface area contributed by atoms with Gasteiger partial charge in [-0.1, -0.05) is 17.7 Å². The first kappa shape index (κ1) is 18.5. The molecule has 8 heteroatoms. The second-order valence-corrected chi connectivity index (χ2v) is 8.88. The quantitative estimate of drug-likeness (QED) is 0.642. The first-order valence-electron chi connectivity index (χ1n) is 9.51. The van der Waals surface area contributed by atoms with E-state index in [0.29, 0.717) is 23.6 Å². The number of nitrogens with zero attached hydrogens (tertiary/aromatic N) is 3. The average molecular weight is 427 g/mol. The SMILES string of the molecule is O=C1NC2(CCN(Cc3ccc4scnc4c3)CC2)C(=O)N1c1ccc(Cl)cc1. The monoisotopic (exact) mass is 426 g/mol. The summed E-state index contributed by atoms with van der Waals surface area (Å²) >= 11 is 7.57. The number of nitrogens with one attached hydrogen (secondary N) is 1. The van der Waals surface area contributed by atoms with Gasteiger partial charge in [0.15, 0.2) is 0 Å². The Kier molecular flexibility index (Phi) is 4.53. The van der Waals surface area contributed by atoms with Gasteiger partial charge in [-0.3, -0.25) is 9.69 Å². The minimum Gasteiger partial charge on any atom is -0.323 e. The number of likely N-dealkylation sites (tertiary alicyclic amines) is 1. The van der Waals surface area contributed by atoms with E-state index in [0.717, 1.165) is 25.2 Å². The van der Waals surface area contributed by atoms with Crippen molar-refractivity contribution in [3.63, 3.8) is 0 Å². The zero-order valence-corrected chi connectivity index (χ0v) is 17.2. The third kappa shape index (κ3) is 3.29. The fourth-order valence-electron chi connectivity index (χ4n) is 4.14. The number of anilines is 1. The lowest BCUT2D eigenvalue weighted by Crippen LogP contribution is -2.54. The second-order valence-electron chi connectivity index (χ2n) is 7.56. The van der Waals surface area contributed by atoms with Gasteiger partial charge in [0.2, 0.25) is 0 Å². The van der Waals surface area contributed by atoms with Crippen molar-refractivity contribution in [1.29, 1.82) is 0 Å². The molecule has 1 spiro atoms. The van der Waals surface area contributed by atoms with Crippen molar-refractivity contribution in [1.82, 2.24) is 15.2 Å². The van der Waals surface area contributed by atoms with Crippen LogP contribution >= 0.6 is 22.9 Å². The number of aromatic nitrogens is 1. The van der Waals surface area contributed by atoms with E-state index in [1.54, 1.807) is 35.6 Å². The lowest BCUT2D eigenvalue weighted by Gasteiger charge is -2.37. The summed E-state index contributed by atoms with van der Waals surface area (Å²) in [6, 6.07) is 12.8. The molecule has 3 amide bonds. The molecule has 2 aliphatic rings. The summed E-state index contributed by atoms with van der Waals surface area (Å²) in [5.41, 5.74) is 3.83. The van der Waals surface area contributed by atoms with E-state index in [2.05, 4.69) is 33.4 Å². The molecule has 3 aromatic rings. The summed E-state index contributed by atoms with van der Waals surface area (Å²) in [4.78, 5) is 33.6. The van der Waals surface area contributed by atoms with E-state index >= 15 is 0 Å². The van der Waals surface area contributed by atoms with E-state index in [1.165, 1.54) is 15.2 Å². The van der Waals surface area contributed by atoms with Crippen LogP contribution in [0, 0.1) is 0 Å². The van der Waals surface area contributed by atoms with Crippen LogP contribution in [0.15, 0.2) is 48.0 Å². The Morgan fingerprint density at radius 3 is 2.62 bits per heavy atom. The van der Waals surface area contributed by atoms with Crippen LogP contribution in [0.2, 0.25) is 5.02 Å². The van der Waals surface area contributed by atoms with E-state index in [4.69, 9.17) is 11.6 Å². The topological polar surface area (TPSA) is 65.5 Å². The number of hydrogen-bond donors (Lipinski definition) is 1. The minimum atomic E-state index is -0.813. The summed E-state index contributed by atoms with van der Waals surface area (Å²) in [7, 11) is 0. The van der Waals surface area contributed by atoms with E-state index in [-0.39, 0.29) is 11.9 Å². The number of fused-ring (bicyclic) bond motifs is 1. The second kappa shape index (κ2) is 7.09. The number of amides is 3. The number of carbonyl (C=O) groups excluding carboxylic acids is 2. The van der Waals surface area contributed by atoms with Crippen molar-refractivity contribution in [2.24, 2.45) is 0 Å². The molecular weight excluding hydrogens is 408 g/mol. The smallest absolute Gasteiger partial charge is 0.323 e. The molecule has 1 aromatic heterocycles. The number of piperidine rings is 1. The lowest BCUT2D eigenvalue weighted by molar-refractivity contribution is -0.123. The molecular formula is C21H19ClN4O2S. The van der Waals surface area contributed by atoms with E-state index in [1.807, 2.05) is 5.51 Å². The summed E-state index contributed by atoms with van der Waals surface area (Å²) in [6.45, 7) is 2.30. The largest absolute Gasteiger partial charge is 0.329 e. The third-order valence-electron chi connectivity index (χ3n) is 5.76. The van der Waals surface area contributed by atoms with Crippen LogP contribution in [-0.2, 0) is 11.3 Å². The molecule has 2 aliphatic heterocycles. The maximum atomic E-state index is 13.1. The maximum absolute atomic E-state index is 13.1. The Balaban J connectivity index is 1.28. The van der Waals surface area contributed by atoms with Crippen LogP contribution in [-0.4, -0.2) is 40.5 Å². The van der Waals surface area contributed by atoms with Crippen molar-refractivity contribution in [3.8, 4) is 0 Å². The maximum Gasteiger partial charge on any atom is 0.329 e. The summed E-state index contributed by atoms with van der Waals surface area (Å²) in [5.74, 6) is -0.173. The Hall–Kier alpha value is -2.48. The summed E-state index contributed by atoms with van der Waals surface area (Å²) < 4.78 is 1.19. The predicted molar refractivity (Wildman–Crippen MR) is 114 cm³/mol. The number of imide groups is 1. The molecule has 0 bridgehead atoms. The third-order valence-corrected chi connectivity index (χ3v) is 6.82. The Morgan fingerprint density at radius 2 is 1.86 bits per heavy atom. The lowest BCUT2D eigenvalue weighted by atomic mass is 9.87. The standard InChI is InChI=1S/C21H19ClN4O2S/c22-15-2-4-16(5-3-15)26-19(27)21(24-20(26)28)7-9-25(10-8-21)12-14-1-6-18-17(11-14)23-13-29-18/h1-6,11,13H,7-10,12H2,(H,24,28). The number of carbonyl (C=O) groups is 2. The van der Waals surface area contributed by atoms with Crippen LogP contribution in [0.3, 0.4) is 0 Å². The van der Waals surface area contributed by atoms with Gasteiger partial charge in [-0.05, 0) is 54.8 Å². The van der Waals surface area contributed by atoms with Crippen LogP contribution in [0.4, 0.5) is 10.5 Å². The zero-order chi connectivity index (χ0) is 20.0.